The molecule has 0 spiro atoms. The molecule has 0 bridgehead atoms. The highest BCUT2D eigenvalue weighted by Crippen LogP contribution is 2.30. The second kappa shape index (κ2) is 4.47. The van der Waals surface area contributed by atoms with E-state index in [1.165, 1.54) is 6.92 Å². The van der Waals surface area contributed by atoms with Gasteiger partial charge in [-0.2, -0.15) is 18.2 Å². The molecule has 1 aromatic heterocycles. The average molecular weight is 270 g/mol. The van der Waals surface area contributed by atoms with Gasteiger partial charge in [0.15, 0.2) is 5.69 Å². The van der Waals surface area contributed by atoms with Crippen molar-refractivity contribution >= 4 is 9.84 Å². The van der Waals surface area contributed by atoms with E-state index in [-0.39, 0.29) is 6.61 Å². The maximum Gasteiger partial charge on any atom is 0.433 e. The van der Waals surface area contributed by atoms with Crippen LogP contribution < -0.4 is 4.74 Å². The summed E-state index contributed by atoms with van der Waals surface area (Å²) in [6.45, 7) is 1.60. The molecular formula is C8H9F3N2O3S. The molecule has 1 rings (SSSR count). The highest BCUT2D eigenvalue weighted by molar-refractivity contribution is 7.90. The molecule has 1 aromatic rings. The van der Waals surface area contributed by atoms with Crippen molar-refractivity contribution in [1.29, 1.82) is 0 Å². The molecule has 0 radical (unpaired) electrons. The Morgan fingerprint density at radius 1 is 1.35 bits per heavy atom. The van der Waals surface area contributed by atoms with Crippen LogP contribution in [0, 0.1) is 0 Å². The van der Waals surface area contributed by atoms with Gasteiger partial charge < -0.3 is 4.74 Å². The number of rotatable bonds is 3. The summed E-state index contributed by atoms with van der Waals surface area (Å²) in [6, 6.07) is 0.554. The number of aromatic nitrogens is 2. The minimum absolute atomic E-state index is 0.0670. The molecule has 0 aromatic carbocycles. The second-order valence-electron chi connectivity index (χ2n) is 3.08. The van der Waals surface area contributed by atoms with Crippen molar-refractivity contribution in [2.45, 2.75) is 18.3 Å². The molecular weight excluding hydrogens is 261 g/mol. The van der Waals surface area contributed by atoms with E-state index in [1.807, 2.05) is 0 Å². The minimum atomic E-state index is -4.76. The maximum atomic E-state index is 12.4. The van der Waals surface area contributed by atoms with Gasteiger partial charge in [-0.15, -0.1) is 0 Å². The number of hydrogen-bond acceptors (Lipinski definition) is 5. The number of ether oxygens (including phenoxy) is 1. The molecule has 0 unspecified atom stereocenters. The molecule has 0 aliphatic carbocycles. The molecule has 0 aliphatic rings. The molecule has 0 amide bonds. The van der Waals surface area contributed by atoms with Crippen LogP contribution in [-0.4, -0.2) is 31.2 Å². The standard InChI is InChI=1S/C8H9F3N2O3S/c1-3-16-6-4-5(8(9,10)11)12-7(13-6)17(2,14)15/h4H,3H2,1-2H3. The zero-order chi connectivity index (χ0) is 13.3. The third kappa shape index (κ3) is 3.55. The first-order valence-corrected chi connectivity index (χ1v) is 6.33. The molecule has 0 aliphatic heterocycles. The lowest BCUT2D eigenvalue weighted by Crippen LogP contribution is -2.14. The number of nitrogens with zero attached hydrogens (tertiary/aromatic N) is 2. The molecule has 0 N–H and O–H groups in total. The molecule has 9 heteroatoms. The van der Waals surface area contributed by atoms with E-state index in [9.17, 15) is 21.6 Å². The van der Waals surface area contributed by atoms with Crippen molar-refractivity contribution in [3.05, 3.63) is 11.8 Å². The largest absolute Gasteiger partial charge is 0.478 e. The number of sulfone groups is 1. The van der Waals surface area contributed by atoms with E-state index >= 15 is 0 Å². The second-order valence-corrected chi connectivity index (χ2v) is 4.99. The molecule has 96 valence electrons. The van der Waals surface area contributed by atoms with Crippen molar-refractivity contribution in [3.63, 3.8) is 0 Å². The fourth-order valence-corrected chi connectivity index (χ4v) is 1.46. The normalized spacial score (nSPS) is 12.5. The van der Waals surface area contributed by atoms with Crippen molar-refractivity contribution in [2.75, 3.05) is 12.9 Å². The summed E-state index contributed by atoms with van der Waals surface area (Å²) in [4.78, 5) is 6.34. The summed E-state index contributed by atoms with van der Waals surface area (Å²) in [5.74, 6) is -0.421. The van der Waals surface area contributed by atoms with Gasteiger partial charge in [0.2, 0.25) is 15.7 Å². The van der Waals surface area contributed by atoms with Gasteiger partial charge >= 0.3 is 6.18 Å². The number of alkyl halides is 3. The molecule has 1 heterocycles. The topological polar surface area (TPSA) is 69.2 Å². The summed E-state index contributed by atoms with van der Waals surface area (Å²) in [5.41, 5.74) is -1.35. The van der Waals surface area contributed by atoms with Gasteiger partial charge in [0, 0.05) is 12.3 Å². The molecule has 17 heavy (non-hydrogen) atoms. The van der Waals surface area contributed by atoms with Crippen LogP contribution in [0.4, 0.5) is 13.2 Å². The lowest BCUT2D eigenvalue weighted by molar-refractivity contribution is -0.141. The van der Waals surface area contributed by atoms with Crippen LogP contribution >= 0.6 is 0 Å². The van der Waals surface area contributed by atoms with Crippen LogP contribution in [0.15, 0.2) is 11.2 Å². The lowest BCUT2D eigenvalue weighted by Gasteiger charge is -2.09. The zero-order valence-electron chi connectivity index (χ0n) is 8.95. The maximum absolute atomic E-state index is 12.4. The van der Waals surface area contributed by atoms with Crippen molar-refractivity contribution < 1.29 is 26.3 Å². The van der Waals surface area contributed by atoms with Crippen molar-refractivity contribution in [1.82, 2.24) is 9.97 Å². The lowest BCUT2D eigenvalue weighted by atomic mass is 10.4. The summed E-state index contributed by atoms with van der Waals surface area (Å²) < 4.78 is 64.3. The molecule has 0 saturated heterocycles. The Hall–Kier alpha value is -1.38. The third-order valence-electron chi connectivity index (χ3n) is 1.60. The van der Waals surface area contributed by atoms with E-state index in [0.29, 0.717) is 6.07 Å². The summed E-state index contributed by atoms with van der Waals surface area (Å²) in [7, 11) is -3.93. The van der Waals surface area contributed by atoms with Gasteiger partial charge in [-0.1, -0.05) is 0 Å². The van der Waals surface area contributed by atoms with Crippen LogP contribution in [0.25, 0.3) is 0 Å². The third-order valence-corrected chi connectivity index (χ3v) is 2.44. The van der Waals surface area contributed by atoms with E-state index in [2.05, 4.69) is 9.97 Å². The fraction of sp³-hybridized carbons (Fsp3) is 0.500. The number of halogens is 3. The van der Waals surface area contributed by atoms with Crippen LogP contribution in [0.1, 0.15) is 12.6 Å². The predicted molar refractivity (Wildman–Crippen MR) is 51.3 cm³/mol. The Morgan fingerprint density at radius 2 is 1.94 bits per heavy atom. The van der Waals surface area contributed by atoms with Crippen LogP contribution in [0.3, 0.4) is 0 Å². The number of hydrogen-bond donors (Lipinski definition) is 0. The van der Waals surface area contributed by atoms with Crippen LogP contribution in [0.2, 0.25) is 0 Å². The van der Waals surface area contributed by atoms with Gasteiger partial charge in [-0.3, -0.25) is 0 Å². The monoisotopic (exact) mass is 270 g/mol. The molecule has 5 nitrogen and oxygen atoms in total. The summed E-state index contributed by atoms with van der Waals surface area (Å²) in [6.07, 6.45) is -4.04. The van der Waals surface area contributed by atoms with Crippen LogP contribution in [-0.2, 0) is 16.0 Å². The van der Waals surface area contributed by atoms with Crippen LogP contribution in [0.5, 0.6) is 5.88 Å². The molecule has 0 atom stereocenters. The quantitative estimate of drug-likeness (QED) is 0.774. The first-order chi connectivity index (χ1) is 7.64. The first kappa shape index (κ1) is 13.7. The average Bonchev–Trinajstić information content (AvgIpc) is 2.15. The minimum Gasteiger partial charge on any atom is -0.478 e. The Kier molecular flexibility index (Phi) is 3.60. The smallest absolute Gasteiger partial charge is 0.433 e. The molecule has 0 saturated carbocycles. The van der Waals surface area contributed by atoms with E-state index < -0.39 is 32.7 Å². The SMILES string of the molecule is CCOc1cc(C(F)(F)F)nc(S(C)(=O)=O)n1. The van der Waals surface area contributed by atoms with Gasteiger partial charge in [0.1, 0.15) is 0 Å². The Labute approximate surface area is 95.6 Å². The van der Waals surface area contributed by atoms with Gasteiger partial charge in [0.05, 0.1) is 6.61 Å². The summed E-state index contributed by atoms with van der Waals surface area (Å²) in [5, 5.41) is -0.907. The Bertz CT molecular complexity index is 513. The van der Waals surface area contributed by atoms with Crippen molar-refractivity contribution in [2.24, 2.45) is 0 Å². The van der Waals surface area contributed by atoms with E-state index in [4.69, 9.17) is 4.74 Å². The van der Waals surface area contributed by atoms with Crippen molar-refractivity contribution in [3.8, 4) is 5.88 Å². The summed E-state index contributed by atoms with van der Waals surface area (Å²) >= 11 is 0. The van der Waals surface area contributed by atoms with Gasteiger partial charge in [-0.05, 0) is 6.92 Å². The predicted octanol–water partition coefficient (Wildman–Crippen LogP) is 1.30. The highest BCUT2D eigenvalue weighted by atomic mass is 32.2. The van der Waals surface area contributed by atoms with E-state index in [1.54, 1.807) is 0 Å². The Morgan fingerprint density at radius 3 is 2.35 bits per heavy atom. The van der Waals surface area contributed by atoms with Gasteiger partial charge in [0.25, 0.3) is 5.16 Å². The zero-order valence-corrected chi connectivity index (χ0v) is 9.76. The first-order valence-electron chi connectivity index (χ1n) is 4.43. The highest BCUT2D eigenvalue weighted by Gasteiger charge is 2.35. The fourth-order valence-electron chi connectivity index (χ4n) is 0.937. The Balaban J connectivity index is 3.39. The molecule has 0 fully saturated rings. The van der Waals surface area contributed by atoms with Gasteiger partial charge in [-0.25, -0.2) is 13.4 Å². The van der Waals surface area contributed by atoms with E-state index in [0.717, 1.165) is 6.26 Å².